The molecule has 0 fully saturated rings. The number of nitrogens with zero attached hydrogens (tertiary/aromatic N) is 1. The fraction of sp³-hybridized carbons (Fsp3) is 0.500. The van der Waals surface area contributed by atoms with E-state index in [1.54, 1.807) is 7.11 Å². The van der Waals surface area contributed by atoms with Gasteiger partial charge in [0.2, 0.25) is 0 Å². The predicted molar refractivity (Wildman–Crippen MR) is 69.5 cm³/mol. The van der Waals surface area contributed by atoms with Crippen LogP contribution < -0.4 is 4.74 Å². The molecule has 0 N–H and O–H groups in total. The Labute approximate surface area is 103 Å². The SMILES string of the molecule is CCCN(CCC)C(=O)c1ccc(OC)cc1. The van der Waals surface area contributed by atoms with Gasteiger partial charge in [-0.2, -0.15) is 0 Å². The Morgan fingerprint density at radius 2 is 1.65 bits per heavy atom. The molecule has 1 aromatic rings. The minimum absolute atomic E-state index is 0.108. The van der Waals surface area contributed by atoms with Gasteiger partial charge < -0.3 is 9.64 Å². The maximum absolute atomic E-state index is 12.2. The summed E-state index contributed by atoms with van der Waals surface area (Å²) >= 11 is 0. The van der Waals surface area contributed by atoms with Crippen LogP contribution in [0.25, 0.3) is 0 Å². The number of rotatable bonds is 6. The summed E-state index contributed by atoms with van der Waals surface area (Å²) in [6, 6.07) is 7.28. The number of amides is 1. The topological polar surface area (TPSA) is 29.5 Å². The molecule has 0 aliphatic rings. The van der Waals surface area contributed by atoms with Crippen LogP contribution in [0.2, 0.25) is 0 Å². The van der Waals surface area contributed by atoms with Crippen molar-refractivity contribution in [2.24, 2.45) is 0 Å². The standard InChI is InChI=1S/C14H21NO2/c1-4-10-15(11-5-2)14(16)12-6-8-13(17-3)9-7-12/h6-9H,4-5,10-11H2,1-3H3. The number of benzene rings is 1. The van der Waals surface area contributed by atoms with Crippen LogP contribution in [0.3, 0.4) is 0 Å². The average molecular weight is 235 g/mol. The van der Waals surface area contributed by atoms with Gasteiger partial charge in [-0.15, -0.1) is 0 Å². The summed E-state index contributed by atoms with van der Waals surface area (Å²) in [6.07, 6.45) is 1.98. The van der Waals surface area contributed by atoms with Gasteiger partial charge in [0.1, 0.15) is 5.75 Å². The Hall–Kier alpha value is -1.51. The Kier molecular flexibility index (Phi) is 5.53. The highest BCUT2D eigenvalue weighted by Gasteiger charge is 2.13. The fourth-order valence-corrected chi connectivity index (χ4v) is 1.77. The van der Waals surface area contributed by atoms with E-state index < -0.39 is 0 Å². The van der Waals surface area contributed by atoms with Gasteiger partial charge in [0.15, 0.2) is 0 Å². The maximum Gasteiger partial charge on any atom is 0.253 e. The van der Waals surface area contributed by atoms with Crippen LogP contribution in [0.5, 0.6) is 5.75 Å². The Morgan fingerprint density at radius 1 is 1.12 bits per heavy atom. The van der Waals surface area contributed by atoms with E-state index >= 15 is 0 Å². The van der Waals surface area contributed by atoms with Crippen molar-refractivity contribution in [3.63, 3.8) is 0 Å². The van der Waals surface area contributed by atoms with Gasteiger partial charge in [0, 0.05) is 18.7 Å². The first-order valence-corrected chi connectivity index (χ1v) is 6.16. The van der Waals surface area contributed by atoms with Crippen LogP contribution in [0.4, 0.5) is 0 Å². The lowest BCUT2D eigenvalue weighted by Gasteiger charge is -2.21. The third-order valence-corrected chi connectivity index (χ3v) is 2.61. The van der Waals surface area contributed by atoms with E-state index in [9.17, 15) is 4.79 Å². The lowest BCUT2D eigenvalue weighted by atomic mass is 10.2. The molecule has 0 saturated carbocycles. The Morgan fingerprint density at radius 3 is 2.06 bits per heavy atom. The molecule has 3 nitrogen and oxygen atoms in total. The summed E-state index contributed by atoms with van der Waals surface area (Å²) in [7, 11) is 1.62. The molecule has 0 heterocycles. The third-order valence-electron chi connectivity index (χ3n) is 2.61. The minimum atomic E-state index is 0.108. The third kappa shape index (κ3) is 3.77. The summed E-state index contributed by atoms with van der Waals surface area (Å²) in [5, 5.41) is 0. The van der Waals surface area contributed by atoms with Gasteiger partial charge in [0.25, 0.3) is 5.91 Å². The second-order valence-corrected chi connectivity index (χ2v) is 4.02. The smallest absolute Gasteiger partial charge is 0.253 e. The highest BCUT2D eigenvalue weighted by molar-refractivity contribution is 5.94. The van der Waals surface area contributed by atoms with Crippen molar-refractivity contribution in [2.75, 3.05) is 20.2 Å². The van der Waals surface area contributed by atoms with E-state index in [1.807, 2.05) is 29.2 Å². The lowest BCUT2D eigenvalue weighted by molar-refractivity contribution is 0.0755. The summed E-state index contributed by atoms with van der Waals surface area (Å²) < 4.78 is 5.08. The molecular formula is C14H21NO2. The van der Waals surface area contributed by atoms with Crippen molar-refractivity contribution in [3.8, 4) is 5.75 Å². The molecule has 0 aromatic heterocycles. The number of methoxy groups -OCH3 is 1. The van der Waals surface area contributed by atoms with Gasteiger partial charge in [-0.25, -0.2) is 0 Å². The number of hydrogen-bond acceptors (Lipinski definition) is 2. The van der Waals surface area contributed by atoms with Crippen LogP contribution in [-0.4, -0.2) is 31.0 Å². The van der Waals surface area contributed by atoms with Crippen LogP contribution >= 0.6 is 0 Å². The molecule has 1 rings (SSSR count). The van der Waals surface area contributed by atoms with E-state index in [4.69, 9.17) is 4.74 Å². The summed E-state index contributed by atoms with van der Waals surface area (Å²) in [6.45, 7) is 5.81. The average Bonchev–Trinajstić information content (AvgIpc) is 2.38. The van der Waals surface area contributed by atoms with Crippen molar-refractivity contribution < 1.29 is 9.53 Å². The van der Waals surface area contributed by atoms with Gasteiger partial charge in [-0.3, -0.25) is 4.79 Å². The quantitative estimate of drug-likeness (QED) is 0.758. The summed E-state index contributed by atoms with van der Waals surface area (Å²) in [5.74, 6) is 0.885. The van der Waals surface area contributed by atoms with Crippen molar-refractivity contribution in [1.82, 2.24) is 4.90 Å². The number of carbonyl (C=O) groups is 1. The molecule has 0 saturated heterocycles. The molecule has 1 amide bonds. The Bertz CT molecular complexity index is 340. The Balaban J connectivity index is 2.77. The van der Waals surface area contributed by atoms with Crippen LogP contribution in [0.1, 0.15) is 37.0 Å². The zero-order valence-corrected chi connectivity index (χ0v) is 10.9. The van der Waals surface area contributed by atoms with Crippen molar-refractivity contribution >= 4 is 5.91 Å². The van der Waals surface area contributed by atoms with E-state index in [0.717, 1.165) is 37.2 Å². The van der Waals surface area contributed by atoms with Crippen molar-refractivity contribution in [3.05, 3.63) is 29.8 Å². The molecule has 0 spiro atoms. The van der Waals surface area contributed by atoms with Crippen LogP contribution in [-0.2, 0) is 0 Å². The molecule has 0 bridgehead atoms. The first-order valence-electron chi connectivity index (χ1n) is 6.16. The number of carbonyl (C=O) groups excluding carboxylic acids is 1. The fourth-order valence-electron chi connectivity index (χ4n) is 1.77. The molecule has 0 unspecified atom stereocenters. The number of ether oxygens (including phenoxy) is 1. The molecular weight excluding hydrogens is 214 g/mol. The molecule has 0 atom stereocenters. The highest BCUT2D eigenvalue weighted by atomic mass is 16.5. The molecule has 0 aliphatic heterocycles. The van der Waals surface area contributed by atoms with Crippen molar-refractivity contribution in [2.45, 2.75) is 26.7 Å². The van der Waals surface area contributed by atoms with Gasteiger partial charge in [0.05, 0.1) is 7.11 Å². The molecule has 1 aromatic carbocycles. The maximum atomic E-state index is 12.2. The molecule has 0 aliphatic carbocycles. The lowest BCUT2D eigenvalue weighted by Crippen LogP contribution is -2.32. The predicted octanol–water partition coefficient (Wildman–Crippen LogP) is 2.96. The zero-order valence-electron chi connectivity index (χ0n) is 10.9. The minimum Gasteiger partial charge on any atom is -0.497 e. The largest absolute Gasteiger partial charge is 0.497 e. The number of hydrogen-bond donors (Lipinski definition) is 0. The molecule has 3 heteroatoms. The van der Waals surface area contributed by atoms with Gasteiger partial charge in [-0.05, 0) is 37.1 Å². The summed E-state index contributed by atoms with van der Waals surface area (Å²) in [4.78, 5) is 14.1. The summed E-state index contributed by atoms with van der Waals surface area (Å²) in [5.41, 5.74) is 0.729. The van der Waals surface area contributed by atoms with Crippen molar-refractivity contribution in [1.29, 1.82) is 0 Å². The zero-order chi connectivity index (χ0) is 12.7. The van der Waals surface area contributed by atoms with Gasteiger partial charge in [-0.1, -0.05) is 13.8 Å². The normalized spacial score (nSPS) is 10.1. The highest BCUT2D eigenvalue weighted by Crippen LogP contribution is 2.13. The molecule has 0 radical (unpaired) electrons. The van der Waals surface area contributed by atoms with Crippen LogP contribution in [0.15, 0.2) is 24.3 Å². The first-order chi connectivity index (χ1) is 8.22. The van der Waals surface area contributed by atoms with E-state index in [0.29, 0.717) is 0 Å². The van der Waals surface area contributed by atoms with E-state index in [-0.39, 0.29) is 5.91 Å². The second-order valence-electron chi connectivity index (χ2n) is 4.02. The second kappa shape index (κ2) is 6.94. The van der Waals surface area contributed by atoms with E-state index in [1.165, 1.54) is 0 Å². The molecule has 94 valence electrons. The molecule has 17 heavy (non-hydrogen) atoms. The van der Waals surface area contributed by atoms with E-state index in [2.05, 4.69) is 13.8 Å². The monoisotopic (exact) mass is 235 g/mol. The van der Waals surface area contributed by atoms with Gasteiger partial charge >= 0.3 is 0 Å². The first kappa shape index (κ1) is 13.6. The van der Waals surface area contributed by atoms with Crippen LogP contribution in [0, 0.1) is 0 Å².